The normalized spacial score (nSPS) is 24.1. The first kappa shape index (κ1) is 11.8. The van der Waals surface area contributed by atoms with Gasteiger partial charge >= 0.3 is 0 Å². The van der Waals surface area contributed by atoms with Crippen molar-refractivity contribution in [2.45, 2.75) is 17.6 Å². The van der Waals surface area contributed by atoms with E-state index >= 15 is 0 Å². The van der Waals surface area contributed by atoms with Crippen LogP contribution in [0.3, 0.4) is 0 Å². The highest BCUT2D eigenvalue weighted by Crippen LogP contribution is 2.35. The van der Waals surface area contributed by atoms with E-state index in [9.17, 15) is 13.2 Å². The minimum Gasteiger partial charge on any atom is -0.289 e. The van der Waals surface area contributed by atoms with E-state index in [-0.39, 0.29) is 24.3 Å². The van der Waals surface area contributed by atoms with Crippen LogP contribution in [0.15, 0.2) is 0 Å². The van der Waals surface area contributed by atoms with Crippen molar-refractivity contribution in [3.8, 4) is 0 Å². The minimum atomic E-state index is -2.98. The maximum Gasteiger partial charge on any atom is 0.259 e. The lowest BCUT2D eigenvalue weighted by Crippen LogP contribution is -2.48. The molecule has 0 saturated carbocycles. The lowest BCUT2D eigenvalue weighted by molar-refractivity contribution is -0.131. The lowest BCUT2D eigenvalue weighted by Gasteiger charge is -2.32. The molecule has 1 heterocycles. The molecule has 1 aliphatic rings. The van der Waals surface area contributed by atoms with Crippen LogP contribution < -0.4 is 5.48 Å². The first-order valence-corrected chi connectivity index (χ1v) is 7.20. The Hall–Kier alpha value is -0.270. The van der Waals surface area contributed by atoms with Crippen molar-refractivity contribution in [2.24, 2.45) is 0 Å². The Labute approximate surface area is 87.1 Å². The zero-order valence-electron chi connectivity index (χ0n) is 7.82. The Morgan fingerprint density at radius 2 is 1.93 bits per heavy atom. The summed E-state index contributed by atoms with van der Waals surface area (Å²) in [5.41, 5.74) is 1.60. The summed E-state index contributed by atoms with van der Waals surface area (Å²) in [5, 5.41) is 8.55. The Balaban J connectivity index is 2.81. The van der Waals surface area contributed by atoms with Crippen LogP contribution >= 0.6 is 11.8 Å². The smallest absolute Gasteiger partial charge is 0.259 e. The van der Waals surface area contributed by atoms with Crippen molar-refractivity contribution in [3.63, 3.8) is 0 Å². The largest absolute Gasteiger partial charge is 0.289 e. The van der Waals surface area contributed by atoms with E-state index in [2.05, 4.69) is 0 Å². The zero-order chi connectivity index (χ0) is 10.8. The van der Waals surface area contributed by atoms with Crippen molar-refractivity contribution >= 4 is 27.5 Å². The highest BCUT2D eigenvalue weighted by atomic mass is 32.2. The number of hydrogen-bond donors (Lipinski definition) is 2. The molecule has 0 spiro atoms. The number of sulfone groups is 1. The van der Waals surface area contributed by atoms with Gasteiger partial charge in [-0.05, 0) is 19.1 Å². The molecular weight excluding hydrogens is 226 g/mol. The second kappa shape index (κ2) is 4.08. The van der Waals surface area contributed by atoms with E-state index in [0.29, 0.717) is 0 Å². The average Bonchev–Trinajstić information content (AvgIpc) is 2.18. The van der Waals surface area contributed by atoms with Crippen LogP contribution in [-0.4, -0.2) is 42.0 Å². The maximum atomic E-state index is 11.4. The molecule has 1 fully saturated rings. The predicted octanol–water partition coefficient (Wildman–Crippen LogP) is -0.198. The molecule has 0 atom stereocenters. The summed E-state index contributed by atoms with van der Waals surface area (Å²) in [5.74, 6) is -0.470. The van der Waals surface area contributed by atoms with Gasteiger partial charge in [-0.3, -0.25) is 10.0 Å². The molecule has 5 nitrogen and oxygen atoms in total. The Kier molecular flexibility index (Phi) is 3.44. The van der Waals surface area contributed by atoms with Crippen molar-refractivity contribution in [1.29, 1.82) is 0 Å². The van der Waals surface area contributed by atoms with Gasteiger partial charge in [-0.1, -0.05) is 0 Å². The third-order valence-electron chi connectivity index (χ3n) is 2.54. The van der Waals surface area contributed by atoms with Crippen LogP contribution in [-0.2, 0) is 14.6 Å². The fourth-order valence-corrected chi connectivity index (χ4v) is 4.12. The van der Waals surface area contributed by atoms with Crippen LogP contribution in [0.25, 0.3) is 0 Å². The first-order valence-electron chi connectivity index (χ1n) is 4.16. The average molecular weight is 239 g/mol. The third-order valence-corrected chi connectivity index (χ3v) is 5.57. The van der Waals surface area contributed by atoms with Gasteiger partial charge in [0, 0.05) is 0 Å². The molecule has 0 aromatic carbocycles. The van der Waals surface area contributed by atoms with E-state index in [0.717, 1.165) is 0 Å². The topological polar surface area (TPSA) is 83.5 Å². The Bertz CT molecular complexity index is 311. The molecule has 0 unspecified atom stereocenters. The number of nitrogens with one attached hydrogen (secondary N) is 1. The van der Waals surface area contributed by atoms with Crippen LogP contribution in [0.4, 0.5) is 0 Å². The van der Waals surface area contributed by atoms with Gasteiger partial charge in [0.15, 0.2) is 0 Å². The SMILES string of the molecule is CSC1(C(=O)NO)CCS(=O)(=O)CC1. The summed E-state index contributed by atoms with van der Waals surface area (Å²) in [6.07, 6.45) is 2.28. The van der Waals surface area contributed by atoms with Gasteiger partial charge in [-0.25, -0.2) is 13.9 Å². The van der Waals surface area contributed by atoms with Crippen LogP contribution in [0.2, 0.25) is 0 Å². The molecule has 1 aliphatic heterocycles. The molecule has 0 aromatic heterocycles. The van der Waals surface area contributed by atoms with Gasteiger partial charge in [-0.2, -0.15) is 0 Å². The fourth-order valence-electron chi connectivity index (χ4n) is 1.49. The van der Waals surface area contributed by atoms with Crippen LogP contribution in [0.5, 0.6) is 0 Å². The van der Waals surface area contributed by atoms with Gasteiger partial charge in [0.25, 0.3) is 5.91 Å². The quantitative estimate of drug-likeness (QED) is 0.515. The van der Waals surface area contributed by atoms with Gasteiger partial charge in [0.1, 0.15) is 9.84 Å². The van der Waals surface area contributed by atoms with Gasteiger partial charge in [0.2, 0.25) is 0 Å². The zero-order valence-corrected chi connectivity index (χ0v) is 9.45. The standard InChI is InChI=1S/C7H13NO4S2/c1-13-7(6(9)8-10)2-4-14(11,12)5-3-7/h10H,2-5H2,1H3,(H,8,9). The molecule has 1 amide bonds. The summed E-state index contributed by atoms with van der Waals surface area (Å²) in [4.78, 5) is 11.4. The molecule has 2 N–H and O–H groups in total. The molecule has 0 radical (unpaired) electrons. The Morgan fingerprint density at radius 1 is 1.43 bits per heavy atom. The second-order valence-corrected chi connectivity index (χ2v) is 6.78. The first-order chi connectivity index (χ1) is 6.46. The van der Waals surface area contributed by atoms with Gasteiger partial charge in [0.05, 0.1) is 16.3 Å². The maximum absolute atomic E-state index is 11.4. The number of carbonyl (C=O) groups excluding carboxylic acids is 1. The summed E-state index contributed by atoms with van der Waals surface area (Å²) >= 11 is 1.29. The highest BCUT2D eigenvalue weighted by Gasteiger charge is 2.42. The molecule has 82 valence electrons. The van der Waals surface area contributed by atoms with E-state index in [1.54, 1.807) is 11.7 Å². The third kappa shape index (κ3) is 2.21. The number of carbonyl (C=O) groups is 1. The number of amides is 1. The molecule has 1 rings (SSSR count). The van der Waals surface area contributed by atoms with Crippen molar-refractivity contribution in [3.05, 3.63) is 0 Å². The molecular formula is C7H13NO4S2. The fraction of sp³-hybridized carbons (Fsp3) is 0.857. The van der Waals surface area contributed by atoms with E-state index < -0.39 is 20.5 Å². The molecule has 0 bridgehead atoms. The second-order valence-electron chi connectivity index (χ2n) is 3.29. The van der Waals surface area contributed by atoms with Crippen molar-refractivity contribution in [1.82, 2.24) is 5.48 Å². The minimum absolute atomic E-state index is 0.0151. The molecule has 0 aliphatic carbocycles. The van der Waals surface area contributed by atoms with E-state index in [1.807, 2.05) is 0 Å². The van der Waals surface area contributed by atoms with E-state index in [4.69, 9.17) is 5.21 Å². The lowest BCUT2D eigenvalue weighted by atomic mass is 10.0. The molecule has 1 saturated heterocycles. The molecule has 0 aromatic rings. The Morgan fingerprint density at radius 3 is 2.29 bits per heavy atom. The number of rotatable bonds is 2. The number of hydrogen-bond acceptors (Lipinski definition) is 5. The molecule has 7 heteroatoms. The summed E-state index contributed by atoms with van der Waals surface area (Å²) in [7, 11) is -2.98. The predicted molar refractivity (Wildman–Crippen MR) is 54.1 cm³/mol. The summed E-state index contributed by atoms with van der Waals surface area (Å²) in [6.45, 7) is 0. The molecule has 14 heavy (non-hydrogen) atoms. The summed E-state index contributed by atoms with van der Waals surface area (Å²) < 4.78 is 21.5. The number of thioether (sulfide) groups is 1. The van der Waals surface area contributed by atoms with Gasteiger partial charge < -0.3 is 0 Å². The van der Waals surface area contributed by atoms with Crippen LogP contribution in [0, 0.1) is 0 Å². The van der Waals surface area contributed by atoms with Crippen LogP contribution in [0.1, 0.15) is 12.8 Å². The van der Waals surface area contributed by atoms with Gasteiger partial charge in [-0.15, -0.1) is 11.8 Å². The summed E-state index contributed by atoms with van der Waals surface area (Å²) in [6, 6.07) is 0. The highest BCUT2D eigenvalue weighted by molar-refractivity contribution is 8.01. The number of hydroxylamine groups is 1. The van der Waals surface area contributed by atoms with E-state index in [1.165, 1.54) is 11.8 Å². The van der Waals surface area contributed by atoms with Crippen molar-refractivity contribution in [2.75, 3.05) is 17.8 Å². The monoisotopic (exact) mass is 239 g/mol. The van der Waals surface area contributed by atoms with Crippen molar-refractivity contribution < 1.29 is 18.4 Å².